The van der Waals surface area contributed by atoms with Gasteiger partial charge in [-0.2, -0.15) is 0 Å². The number of benzene rings is 1. The molecule has 0 radical (unpaired) electrons. The number of rotatable bonds is 3. The maximum absolute atomic E-state index is 12.5. The number of carbonyl (C=O) groups excluding carboxylic acids is 1. The first-order chi connectivity index (χ1) is 12.1. The Morgan fingerprint density at radius 2 is 1.88 bits per heavy atom. The molecule has 0 aromatic heterocycles. The van der Waals surface area contributed by atoms with Crippen LogP contribution in [0, 0.1) is 0 Å². The van der Waals surface area contributed by atoms with Crippen LogP contribution < -0.4 is 0 Å². The minimum absolute atomic E-state index is 0.201. The molecule has 2 fully saturated rings. The summed E-state index contributed by atoms with van der Waals surface area (Å²) in [5.74, 6) is -0.687. The summed E-state index contributed by atoms with van der Waals surface area (Å²) in [5.41, 5.74) is 0.539. The van der Waals surface area contributed by atoms with Gasteiger partial charge in [-0.15, -0.1) is 0 Å². The molecule has 2 aliphatic heterocycles. The fourth-order valence-corrected chi connectivity index (χ4v) is 3.33. The number of hydrogen-bond acceptors (Lipinski definition) is 5. The van der Waals surface area contributed by atoms with E-state index in [2.05, 4.69) is 0 Å². The van der Waals surface area contributed by atoms with Crippen molar-refractivity contribution in [2.75, 3.05) is 13.1 Å². The third kappa shape index (κ3) is 4.75. The molecule has 1 amide bonds. The summed E-state index contributed by atoms with van der Waals surface area (Å²) in [6.45, 7) is 10.7. The van der Waals surface area contributed by atoms with E-state index in [4.69, 9.17) is 18.9 Å². The van der Waals surface area contributed by atoms with Crippen molar-refractivity contribution in [1.82, 2.24) is 4.90 Å². The quantitative estimate of drug-likeness (QED) is 0.824. The summed E-state index contributed by atoms with van der Waals surface area (Å²) in [4.78, 5) is 14.2. The monoisotopic (exact) mass is 363 g/mol. The van der Waals surface area contributed by atoms with Crippen LogP contribution in [0.3, 0.4) is 0 Å². The maximum Gasteiger partial charge on any atom is 0.410 e. The van der Waals surface area contributed by atoms with E-state index < -0.39 is 11.4 Å². The second kappa shape index (κ2) is 7.18. The van der Waals surface area contributed by atoms with E-state index in [-0.39, 0.29) is 24.4 Å². The molecule has 1 aromatic rings. The van der Waals surface area contributed by atoms with Gasteiger partial charge >= 0.3 is 6.09 Å². The summed E-state index contributed by atoms with van der Waals surface area (Å²) < 4.78 is 23.7. The molecule has 6 heteroatoms. The summed E-state index contributed by atoms with van der Waals surface area (Å²) >= 11 is 0. The number of piperidine rings is 1. The summed E-state index contributed by atoms with van der Waals surface area (Å²) in [7, 11) is 0. The highest BCUT2D eigenvalue weighted by molar-refractivity contribution is 5.68. The Morgan fingerprint density at radius 1 is 1.19 bits per heavy atom. The summed E-state index contributed by atoms with van der Waals surface area (Å²) in [6.07, 6.45) is -1.06. The molecule has 26 heavy (non-hydrogen) atoms. The Bertz CT molecular complexity index is 625. The van der Waals surface area contributed by atoms with Crippen LogP contribution in [0.4, 0.5) is 4.79 Å². The third-order valence-electron chi connectivity index (χ3n) is 4.35. The van der Waals surface area contributed by atoms with Gasteiger partial charge in [0.25, 0.3) is 0 Å². The molecule has 144 valence electrons. The van der Waals surface area contributed by atoms with Crippen LogP contribution in [-0.4, -0.2) is 53.8 Å². The number of likely N-dealkylation sites (tertiary alicyclic amines) is 1. The van der Waals surface area contributed by atoms with Gasteiger partial charge in [-0.25, -0.2) is 4.79 Å². The van der Waals surface area contributed by atoms with Gasteiger partial charge in [0.05, 0.1) is 19.7 Å². The largest absolute Gasteiger partial charge is 0.444 e. The van der Waals surface area contributed by atoms with E-state index in [0.29, 0.717) is 19.7 Å². The number of fused-ring (bicyclic) bond motifs is 1. The lowest BCUT2D eigenvalue weighted by atomic mass is 10.0. The topological polar surface area (TPSA) is 57.2 Å². The molecular weight excluding hydrogens is 334 g/mol. The van der Waals surface area contributed by atoms with Crippen LogP contribution in [0.1, 0.15) is 40.2 Å². The molecule has 0 bridgehead atoms. The number of carbonyl (C=O) groups is 1. The van der Waals surface area contributed by atoms with Gasteiger partial charge in [-0.3, -0.25) is 0 Å². The predicted molar refractivity (Wildman–Crippen MR) is 96.7 cm³/mol. The van der Waals surface area contributed by atoms with Crippen molar-refractivity contribution >= 4 is 6.09 Å². The first kappa shape index (κ1) is 19.1. The average molecular weight is 363 g/mol. The molecule has 0 aliphatic carbocycles. The van der Waals surface area contributed by atoms with Crippen LogP contribution in [-0.2, 0) is 25.6 Å². The Morgan fingerprint density at radius 3 is 2.54 bits per heavy atom. The number of ether oxygens (including phenoxy) is 4. The molecule has 2 saturated heterocycles. The Kier molecular flexibility index (Phi) is 5.28. The number of hydrogen-bond donors (Lipinski definition) is 0. The van der Waals surface area contributed by atoms with Gasteiger partial charge in [0, 0.05) is 0 Å². The third-order valence-corrected chi connectivity index (χ3v) is 4.35. The maximum atomic E-state index is 12.5. The van der Waals surface area contributed by atoms with Gasteiger partial charge in [0.2, 0.25) is 0 Å². The highest BCUT2D eigenvalue weighted by Gasteiger charge is 2.50. The lowest BCUT2D eigenvalue weighted by molar-refractivity contribution is -0.158. The van der Waals surface area contributed by atoms with Gasteiger partial charge in [-0.1, -0.05) is 30.3 Å². The first-order valence-electron chi connectivity index (χ1n) is 9.12. The highest BCUT2D eigenvalue weighted by atomic mass is 16.8. The molecule has 6 nitrogen and oxygen atoms in total. The molecule has 2 aliphatic rings. The molecule has 3 rings (SSSR count). The minimum atomic E-state index is -0.687. The Hall–Kier alpha value is -1.63. The van der Waals surface area contributed by atoms with Crippen LogP contribution in [0.5, 0.6) is 0 Å². The second-order valence-electron chi connectivity index (χ2n) is 8.36. The minimum Gasteiger partial charge on any atom is -0.444 e. The summed E-state index contributed by atoms with van der Waals surface area (Å²) in [5, 5.41) is 0. The van der Waals surface area contributed by atoms with Gasteiger partial charge in [0.1, 0.15) is 23.9 Å². The molecular formula is C20H29NO5. The molecule has 0 saturated carbocycles. The van der Waals surface area contributed by atoms with Crippen LogP contribution in [0.2, 0.25) is 0 Å². The normalized spacial score (nSPS) is 27.9. The fourth-order valence-electron chi connectivity index (χ4n) is 3.33. The zero-order valence-corrected chi connectivity index (χ0v) is 16.2. The van der Waals surface area contributed by atoms with E-state index in [0.717, 1.165) is 5.56 Å². The number of amides is 1. The van der Waals surface area contributed by atoms with Crippen molar-refractivity contribution < 1.29 is 23.7 Å². The van der Waals surface area contributed by atoms with Crippen LogP contribution in [0.25, 0.3) is 0 Å². The first-order valence-corrected chi connectivity index (χ1v) is 9.12. The van der Waals surface area contributed by atoms with Gasteiger partial charge in [-0.05, 0) is 40.2 Å². The molecule has 0 N–H and O–H groups in total. The van der Waals surface area contributed by atoms with Crippen molar-refractivity contribution in [2.24, 2.45) is 0 Å². The standard InChI is InChI=1S/C20H29NO5/c1-19(2,3)26-18(22)21-11-15(23-13-14-9-7-6-8-10-14)17-16(12-21)24-20(4,5)25-17/h6-10,15-17H,11-13H2,1-5H3/t15-,16+,17-/m1/s1. The van der Waals surface area contributed by atoms with Crippen LogP contribution >= 0.6 is 0 Å². The van der Waals surface area contributed by atoms with Crippen molar-refractivity contribution in [1.29, 1.82) is 0 Å². The molecule has 2 heterocycles. The number of nitrogens with zero attached hydrogens (tertiary/aromatic N) is 1. The van der Waals surface area contributed by atoms with E-state index in [1.165, 1.54) is 0 Å². The molecule has 0 spiro atoms. The van der Waals surface area contributed by atoms with Gasteiger partial charge < -0.3 is 23.8 Å². The predicted octanol–water partition coefficient (Wildman–Crippen LogP) is 3.34. The van der Waals surface area contributed by atoms with E-state index in [1.807, 2.05) is 65.0 Å². The highest BCUT2D eigenvalue weighted by Crippen LogP contribution is 2.35. The molecule has 3 atom stereocenters. The van der Waals surface area contributed by atoms with Crippen molar-refractivity contribution in [2.45, 2.75) is 70.9 Å². The zero-order chi connectivity index (χ0) is 18.9. The van der Waals surface area contributed by atoms with E-state index in [9.17, 15) is 4.79 Å². The molecule has 0 unspecified atom stereocenters. The Balaban J connectivity index is 1.71. The molecule has 1 aromatic carbocycles. The van der Waals surface area contributed by atoms with Gasteiger partial charge in [0.15, 0.2) is 5.79 Å². The average Bonchev–Trinajstić information content (AvgIpc) is 2.85. The SMILES string of the molecule is CC(C)(C)OC(=O)N1C[C@@H]2OC(C)(C)O[C@@H]2[C@H](OCc2ccccc2)C1. The van der Waals surface area contributed by atoms with Crippen molar-refractivity contribution in [3.63, 3.8) is 0 Å². The smallest absolute Gasteiger partial charge is 0.410 e. The zero-order valence-electron chi connectivity index (χ0n) is 16.2. The van der Waals surface area contributed by atoms with Crippen molar-refractivity contribution in [3.8, 4) is 0 Å². The van der Waals surface area contributed by atoms with E-state index >= 15 is 0 Å². The summed E-state index contributed by atoms with van der Waals surface area (Å²) in [6, 6.07) is 9.96. The van der Waals surface area contributed by atoms with E-state index in [1.54, 1.807) is 4.90 Å². The second-order valence-corrected chi connectivity index (χ2v) is 8.36. The fraction of sp³-hybridized carbons (Fsp3) is 0.650. The van der Waals surface area contributed by atoms with Crippen molar-refractivity contribution in [3.05, 3.63) is 35.9 Å². The lowest BCUT2D eigenvalue weighted by Gasteiger charge is -2.39. The van der Waals surface area contributed by atoms with Crippen LogP contribution in [0.15, 0.2) is 30.3 Å². The lowest BCUT2D eigenvalue weighted by Crippen LogP contribution is -2.57. The Labute approximate surface area is 155 Å².